The number of ether oxygens (including phenoxy) is 3. The van der Waals surface area contributed by atoms with Gasteiger partial charge >= 0.3 is 6.03 Å². The van der Waals surface area contributed by atoms with Crippen LogP contribution in [-0.4, -0.2) is 49.6 Å². The molecule has 1 aromatic carbocycles. The number of amides is 2. The highest BCUT2D eigenvalue weighted by atomic mass is 16.5. The Hall–Kier alpha value is -1.79. The summed E-state index contributed by atoms with van der Waals surface area (Å²) in [7, 11) is 0. The minimum Gasteiger partial charge on any atom is -0.467 e. The fourth-order valence-electron chi connectivity index (χ4n) is 4.01. The number of rotatable bonds is 4. The van der Waals surface area contributed by atoms with Crippen molar-refractivity contribution in [3.63, 3.8) is 0 Å². The number of hydrogen-bond donors (Lipinski definition) is 1. The molecule has 3 aliphatic rings. The number of benzene rings is 1. The van der Waals surface area contributed by atoms with Gasteiger partial charge in [-0.05, 0) is 13.0 Å². The SMILES string of the molecule is CCOCCN1C(=O)NC2c3ccccc3OC13CCOCC23. The lowest BCUT2D eigenvalue weighted by atomic mass is 9.76. The largest absolute Gasteiger partial charge is 0.467 e. The van der Waals surface area contributed by atoms with Crippen molar-refractivity contribution in [2.75, 3.05) is 33.0 Å². The molecule has 0 aromatic heterocycles. The molecule has 6 heteroatoms. The lowest BCUT2D eigenvalue weighted by molar-refractivity contribution is -0.200. The van der Waals surface area contributed by atoms with Crippen LogP contribution in [0.2, 0.25) is 0 Å². The molecule has 2 bridgehead atoms. The molecule has 124 valence electrons. The molecule has 3 atom stereocenters. The van der Waals surface area contributed by atoms with Crippen molar-refractivity contribution in [3.8, 4) is 5.75 Å². The first-order chi connectivity index (χ1) is 11.3. The van der Waals surface area contributed by atoms with E-state index < -0.39 is 5.72 Å². The summed E-state index contributed by atoms with van der Waals surface area (Å²) in [6.07, 6.45) is 0.683. The maximum absolute atomic E-state index is 12.7. The Balaban J connectivity index is 1.73. The number of para-hydroxylation sites is 1. The van der Waals surface area contributed by atoms with E-state index in [1.54, 1.807) is 0 Å². The van der Waals surface area contributed by atoms with Crippen molar-refractivity contribution < 1.29 is 19.0 Å². The molecule has 23 heavy (non-hydrogen) atoms. The molecule has 0 radical (unpaired) electrons. The van der Waals surface area contributed by atoms with Crippen LogP contribution in [0.4, 0.5) is 4.79 Å². The molecule has 0 saturated carbocycles. The van der Waals surface area contributed by atoms with Crippen LogP contribution in [-0.2, 0) is 9.47 Å². The first kappa shape index (κ1) is 14.8. The smallest absolute Gasteiger partial charge is 0.321 e. The molecule has 1 aromatic rings. The van der Waals surface area contributed by atoms with Crippen LogP contribution in [0.3, 0.4) is 0 Å². The van der Waals surface area contributed by atoms with Crippen molar-refractivity contribution >= 4 is 6.03 Å². The van der Waals surface area contributed by atoms with Gasteiger partial charge in [0.05, 0.1) is 31.8 Å². The summed E-state index contributed by atoms with van der Waals surface area (Å²) in [5.41, 5.74) is 0.410. The summed E-state index contributed by atoms with van der Waals surface area (Å²) in [5, 5.41) is 3.15. The highest BCUT2D eigenvalue weighted by Crippen LogP contribution is 2.50. The summed E-state index contributed by atoms with van der Waals surface area (Å²) in [6, 6.07) is 7.81. The highest BCUT2D eigenvalue weighted by Gasteiger charge is 2.60. The molecule has 0 spiro atoms. The van der Waals surface area contributed by atoms with E-state index in [1.807, 2.05) is 36.1 Å². The van der Waals surface area contributed by atoms with Crippen LogP contribution in [0, 0.1) is 5.92 Å². The average molecular weight is 318 g/mol. The standard InChI is InChI=1S/C17H22N2O4/c1-2-21-10-8-19-16(20)18-15-12-5-3-4-6-14(12)23-17(19)7-9-22-11-13(15)17/h3-6,13,15H,2,7-11H2,1H3,(H,18,20). The zero-order chi connectivity index (χ0) is 15.9. The minimum atomic E-state index is -0.628. The molecule has 1 N–H and O–H groups in total. The van der Waals surface area contributed by atoms with Crippen molar-refractivity contribution in [1.29, 1.82) is 0 Å². The third-order valence-corrected chi connectivity index (χ3v) is 5.07. The van der Waals surface area contributed by atoms with Gasteiger partial charge in [0.25, 0.3) is 0 Å². The number of hydrogen-bond acceptors (Lipinski definition) is 4. The first-order valence-corrected chi connectivity index (χ1v) is 8.28. The lowest BCUT2D eigenvalue weighted by Gasteiger charge is -2.58. The van der Waals surface area contributed by atoms with Gasteiger partial charge in [-0.2, -0.15) is 0 Å². The van der Waals surface area contributed by atoms with Crippen molar-refractivity contribution in [2.45, 2.75) is 25.1 Å². The van der Waals surface area contributed by atoms with Crippen molar-refractivity contribution in [2.24, 2.45) is 5.92 Å². The fraction of sp³-hybridized carbons (Fsp3) is 0.588. The predicted molar refractivity (Wildman–Crippen MR) is 83.2 cm³/mol. The predicted octanol–water partition coefficient (Wildman–Crippen LogP) is 1.91. The third kappa shape index (κ3) is 2.20. The molecule has 2 saturated heterocycles. The summed E-state index contributed by atoms with van der Waals surface area (Å²) in [4.78, 5) is 14.5. The molecule has 0 aliphatic carbocycles. The molecular weight excluding hydrogens is 296 g/mol. The molecule has 6 nitrogen and oxygen atoms in total. The van der Waals surface area contributed by atoms with Crippen LogP contribution >= 0.6 is 0 Å². The highest BCUT2D eigenvalue weighted by molar-refractivity contribution is 5.77. The van der Waals surface area contributed by atoms with Gasteiger partial charge in [-0.15, -0.1) is 0 Å². The average Bonchev–Trinajstić information content (AvgIpc) is 2.57. The van der Waals surface area contributed by atoms with Crippen molar-refractivity contribution in [1.82, 2.24) is 10.2 Å². The van der Waals surface area contributed by atoms with E-state index in [0.717, 1.165) is 11.3 Å². The summed E-state index contributed by atoms with van der Waals surface area (Å²) in [6.45, 7) is 4.81. The number of nitrogens with one attached hydrogen (secondary N) is 1. The maximum Gasteiger partial charge on any atom is 0.321 e. The molecule has 3 unspecified atom stereocenters. The van der Waals surface area contributed by atoms with E-state index in [2.05, 4.69) is 5.32 Å². The normalized spacial score (nSPS) is 31.7. The number of fused-ring (bicyclic) bond motifs is 2. The molecule has 3 heterocycles. The van der Waals surface area contributed by atoms with Gasteiger partial charge in [-0.3, -0.25) is 4.90 Å². The van der Waals surface area contributed by atoms with Crippen LogP contribution in [0.15, 0.2) is 24.3 Å². The number of nitrogens with zero attached hydrogens (tertiary/aromatic N) is 1. The van der Waals surface area contributed by atoms with E-state index in [4.69, 9.17) is 14.2 Å². The van der Waals surface area contributed by atoms with Crippen LogP contribution in [0.5, 0.6) is 5.75 Å². The Morgan fingerprint density at radius 3 is 3.17 bits per heavy atom. The second-order valence-corrected chi connectivity index (χ2v) is 6.19. The van der Waals surface area contributed by atoms with Gasteiger partial charge in [0.15, 0.2) is 5.72 Å². The fourth-order valence-corrected chi connectivity index (χ4v) is 4.01. The first-order valence-electron chi connectivity index (χ1n) is 8.28. The Morgan fingerprint density at radius 2 is 2.30 bits per heavy atom. The number of carbonyl (C=O) groups excluding carboxylic acids is 1. The van der Waals surface area contributed by atoms with Gasteiger partial charge in [0.2, 0.25) is 0 Å². The molecular formula is C17H22N2O4. The van der Waals surface area contributed by atoms with E-state index in [1.165, 1.54) is 0 Å². The lowest BCUT2D eigenvalue weighted by Crippen LogP contribution is -2.73. The minimum absolute atomic E-state index is 0.0592. The molecule has 2 amide bonds. The summed E-state index contributed by atoms with van der Waals surface area (Å²) < 4.78 is 17.6. The van der Waals surface area contributed by atoms with Gasteiger partial charge in [-0.1, -0.05) is 18.2 Å². The van der Waals surface area contributed by atoms with Crippen LogP contribution in [0.1, 0.15) is 24.9 Å². The quantitative estimate of drug-likeness (QED) is 0.862. The number of urea groups is 1. The van der Waals surface area contributed by atoms with E-state index in [9.17, 15) is 4.79 Å². The molecule has 4 rings (SSSR count). The Morgan fingerprint density at radius 1 is 1.43 bits per heavy atom. The number of carbonyl (C=O) groups is 1. The Labute approximate surface area is 135 Å². The second-order valence-electron chi connectivity index (χ2n) is 6.19. The van der Waals surface area contributed by atoms with Crippen molar-refractivity contribution in [3.05, 3.63) is 29.8 Å². The zero-order valence-electron chi connectivity index (χ0n) is 13.3. The third-order valence-electron chi connectivity index (χ3n) is 5.07. The van der Waals surface area contributed by atoms with E-state index in [0.29, 0.717) is 39.4 Å². The molecule has 2 fully saturated rings. The Bertz CT molecular complexity index is 608. The topological polar surface area (TPSA) is 60.0 Å². The summed E-state index contributed by atoms with van der Waals surface area (Å²) >= 11 is 0. The maximum atomic E-state index is 12.7. The van der Waals surface area contributed by atoms with Gasteiger partial charge in [0, 0.05) is 25.1 Å². The van der Waals surface area contributed by atoms with Crippen LogP contribution in [0.25, 0.3) is 0 Å². The van der Waals surface area contributed by atoms with Gasteiger partial charge in [0.1, 0.15) is 5.75 Å². The second kappa shape index (κ2) is 5.69. The van der Waals surface area contributed by atoms with E-state index in [-0.39, 0.29) is 18.0 Å². The van der Waals surface area contributed by atoms with Gasteiger partial charge < -0.3 is 19.5 Å². The van der Waals surface area contributed by atoms with Gasteiger partial charge in [-0.25, -0.2) is 4.79 Å². The molecule has 3 aliphatic heterocycles. The van der Waals surface area contributed by atoms with E-state index >= 15 is 0 Å². The Kier molecular flexibility index (Phi) is 3.66. The zero-order valence-corrected chi connectivity index (χ0v) is 13.3. The monoisotopic (exact) mass is 318 g/mol. The van der Waals surface area contributed by atoms with Crippen LogP contribution < -0.4 is 10.1 Å². The summed E-state index contributed by atoms with van der Waals surface area (Å²) in [5.74, 6) is 0.947.